The van der Waals surface area contributed by atoms with Gasteiger partial charge in [0.15, 0.2) is 5.16 Å². The number of fused-ring (bicyclic) bond motifs is 1. The molecule has 3 aromatic rings. The smallest absolute Gasteiger partial charge is 0.268 e. The molecular weight excluding hydrogens is 421 g/mol. The van der Waals surface area contributed by atoms with Gasteiger partial charge in [-0.3, -0.25) is 14.2 Å². The first-order chi connectivity index (χ1) is 14.6. The van der Waals surface area contributed by atoms with Gasteiger partial charge in [0, 0.05) is 24.4 Å². The molecule has 0 fully saturated rings. The molecule has 2 heterocycles. The molecule has 1 aromatic heterocycles. The van der Waals surface area contributed by atoms with Crippen LogP contribution in [-0.2, 0) is 24.2 Å². The van der Waals surface area contributed by atoms with Crippen LogP contribution in [0.3, 0.4) is 0 Å². The molecule has 0 bridgehead atoms. The average Bonchev–Trinajstić information content (AvgIpc) is 3.23. The maximum absolute atomic E-state index is 13.0. The van der Waals surface area contributed by atoms with E-state index in [1.807, 2.05) is 30.3 Å². The second kappa shape index (κ2) is 9.49. The van der Waals surface area contributed by atoms with E-state index in [1.165, 1.54) is 36.0 Å². The topological polar surface area (TPSA) is 64.0 Å². The molecule has 0 aliphatic carbocycles. The maximum atomic E-state index is 13.0. The summed E-state index contributed by atoms with van der Waals surface area (Å²) in [6, 6.07) is 15.6. The summed E-state index contributed by atoms with van der Waals surface area (Å²) >= 11 is 2.80. The van der Waals surface area contributed by atoms with Crippen LogP contribution in [0.4, 0.5) is 10.1 Å². The predicted octanol–water partition coefficient (Wildman–Crippen LogP) is 4.00. The number of halogens is 1. The Hall–Kier alpha value is -2.58. The molecule has 2 aromatic carbocycles. The van der Waals surface area contributed by atoms with Crippen LogP contribution in [0.15, 0.2) is 69.4 Å². The number of nitrogens with one attached hydrogen (secondary N) is 1. The van der Waals surface area contributed by atoms with Crippen LogP contribution in [-0.4, -0.2) is 27.0 Å². The van der Waals surface area contributed by atoms with Crippen molar-refractivity contribution in [2.24, 2.45) is 0 Å². The van der Waals surface area contributed by atoms with Crippen molar-refractivity contribution >= 4 is 35.1 Å². The lowest BCUT2D eigenvalue weighted by atomic mass is 10.1. The van der Waals surface area contributed by atoms with Gasteiger partial charge >= 0.3 is 0 Å². The minimum atomic E-state index is -0.356. The van der Waals surface area contributed by atoms with Gasteiger partial charge in [0.2, 0.25) is 5.91 Å². The van der Waals surface area contributed by atoms with E-state index in [0.29, 0.717) is 23.8 Å². The summed E-state index contributed by atoms with van der Waals surface area (Å²) in [6.07, 6.45) is 1.48. The molecule has 5 nitrogen and oxygen atoms in total. The number of aryl methyl sites for hydroxylation is 2. The fourth-order valence-electron chi connectivity index (χ4n) is 3.18. The minimum Gasteiger partial charge on any atom is -0.325 e. The van der Waals surface area contributed by atoms with Crippen molar-refractivity contribution in [3.8, 4) is 0 Å². The Kier molecular flexibility index (Phi) is 6.54. The van der Waals surface area contributed by atoms with Crippen LogP contribution in [0.1, 0.15) is 11.3 Å². The standard InChI is InChI=1S/C22H20FN3O2S2/c23-16-6-8-17(9-7-16)24-19(27)14-30-22-25-18-11-13-29-20(18)21(28)26(22)12-10-15-4-2-1-3-5-15/h1-9H,10-14H2,(H,24,27). The van der Waals surface area contributed by atoms with Crippen LogP contribution in [0, 0.1) is 5.82 Å². The molecule has 0 unspecified atom stereocenters. The Balaban J connectivity index is 1.49. The third-order valence-electron chi connectivity index (χ3n) is 4.68. The van der Waals surface area contributed by atoms with Crippen molar-refractivity contribution in [2.75, 3.05) is 16.8 Å². The number of carbonyl (C=O) groups excluding carboxylic acids is 1. The van der Waals surface area contributed by atoms with Gasteiger partial charge in [-0.1, -0.05) is 42.1 Å². The van der Waals surface area contributed by atoms with Gasteiger partial charge in [0.1, 0.15) is 5.82 Å². The van der Waals surface area contributed by atoms with Crippen molar-refractivity contribution in [3.63, 3.8) is 0 Å². The van der Waals surface area contributed by atoms with E-state index < -0.39 is 0 Å². The Morgan fingerprint density at radius 2 is 1.93 bits per heavy atom. The molecule has 1 N–H and O–H groups in total. The number of benzene rings is 2. The quantitative estimate of drug-likeness (QED) is 0.443. The number of hydrogen-bond acceptors (Lipinski definition) is 5. The van der Waals surface area contributed by atoms with Gasteiger partial charge in [-0.05, 0) is 36.2 Å². The Morgan fingerprint density at radius 1 is 1.17 bits per heavy atom. The molecule has 1 aliphatic heterocycles. The monoisotopic (exact) mass is 441 g/mol. The molecular formula is C22H20FN3O2S2. The van der Waals surface area contributed by atoms with Crippen molar-refractivity contribution in [3.05, 3.63) is 82.0 Å². The Bertz CT molecular complexity index is 1100. The summed E-state index contributed by atoms with van der Waals surface area (Å²) in [5, 5.41) is 3.30. The third-order valence-corrected chi connectivity index (χ3v) is 6.76. The highest BCUT2D eigenvalue weighted by molar-refractivity contribution is 8.00. The van der Waals surface area contributed by atoms with Gasteiger partial charge in [0.25, 0.3) is 5.56 Å². The minimum absolute atomic E-state index is 0.0279. The first-order valence-corrected chi connectivity index (χ1v) is 11.6. The summed E-state index contributed by atoms with van der Waals surface area (Å²) in [5.41, 5.74) is 2.46. The third kappa shape index (κ3) is 4.94. The molecule has 0 spiro atoms. The number of thioether (sulfide) groups is 2. The molecule has 0 atom stereocenters. The zero-order chi connectivity index (χ0) is 20.9. The van der Waals surface area contributed by atoms with Crippen molar-refractivity contribution in [1.82, 2.24) is 9.55 Å². The molecule has 8 heteroatoms. The van der Waals surface area contributed by atoms with Crippen LogP contribution >= 0.6 is 23.5 Å². The fraction of sp³-hybridized carbons (Fsp3) is 0.227. The zero-order valence-electron chi connectivity index (χ0n) is 16.1. The summed E-state index contributed by atoms with van der Waals surface area (Å²) in [7, 11) is 0. The number of amides is 1. The van der Waals surface area contributed by atoms with E-state index >= 15 is 0 Å². The largest absolute Gasteiger partial charge is 0.325 e. The summed E-state index contributed by atoms with van der Waals surface area (Å²) in [5.74, 6) is 0.381. The van der Waals surface area contributed by atoms with Crippen LogP contribution in [0.5, 0.6) is 0 Å². The van der Waals surface area contributed by atoms with E-state index in [9.17, 15) is 14.0 Å². The van der Waals surface area contributed by atoms with E-state index in [4.69, 9.17) is 4.98 Å². The summed E-state index contributed by atoms with van der Waals surface area (Å²) < 4.78 is 14.7. The van der Waals surface area contributed by atoms with Gasteiger partial charge in [-0.25, -0.2) is 9.37 Å². The lowest BCUT2D eigenvalue weighted by Crippen LogP contribution is -2.27. The highest BCUT2D eigenvalue weighted by atomic mass is 32.2. The highest BCUT2D eigenvalue weighted by Gasteiger charge is 2.22. The molecule has 1 amide bonds. The number of rotatable bonds is 7. The second-order valence-corrected chi connectivity index (χ2v) is 8.85. The van der Waals surface area contributed by atoms with Crippen molar-refractivity contribution in [1.29, 1.82) is 0 Å². The Labute approximate surface area is 182 Å². The molecule has 4 rings (SSSR count). The summed E-state index contributed by atoms with van der Waals surface area (Å²) in [6.45, 7) is 0.506. The van der Waals surface area contributed by atoms with Gasteiger partial charge in [0.05, 0.1) is 16.3 Å². The Morgan fingerprint density at radius 3 is 2.70 bits per heavy atom. The SMILES string of the molecule is O=C(CSc1nc2c(c(=O)n1CCc1ccccc1)SCC2)Nc1ccc(F)cc1. The molecule has 0 saturated carbocycles. The summed E-state index contributed by atoms with van der Waals surface area (Å²) in [4.78, 5) is 30.8. The van der Waals surface area contributed by atoms with E-state index in [2.05, 4.69) is 5.32 Å². The normalized spacial score (nSPS) is 12.6. The first-order valence-electron chi connectivity index (χ1n) is 9.59. The average molecular weight is 442 g/mol. The van der Waals surface area contributed by atoms with Gasteiger partial charge in [-0.15, -0.1) is 11.8 Å². The number of hydrogen-bond donors (Lipinski definition) is 1. The predicted molar refractivity (Wildman–Crippen MR) is 119 cm³/mol. The van der Waals surface area contributed by atoms with Crippen LogP contribution in [0.2, 0.25) is 0 Å². The van der Waals surface area contributed by atoms with Crippen molar-refractivity contribution in [2.45, 2.75) is 29.4 Å². The lowest BCUT2D eigenvalue weighted by Gasteiger charge is -2.14. The first kappa shape index (κ1) is 20.7. The molecule has 30 heavy (non-hydrogen) atoms. The van der Waals surface area contributed by atoms with E-state index in [1.54, 1.807) is 16.3 Å². The number of aromatic nitrogens is 2. The number of anilines is 1. The zero-order valence-corrected chi connectivity index (χ0v) is 17.8. The molecule has 154 valence electrons. The second-order valence-electron chi connectivity index (χ2n) is 6.80. The van der Waals surface area contributed by atoms with Gasteiger partial charge < -0.3 is 5.32 Å². The highest BCUT2D eigenvalue weighted by Crippen LogP contribution is 2.29. The van der Waals surface area contributed by atoms with Gasteiger partial charge in [-0.2, -0.15) is 0 Å². The number of nitrogens with zero attached hydrogens (tertiary/aromatic N) is 2. The van der Waals surface area contributed by atoms with Crippen molar-refractivity contribution < 1.29 is 9.18 Å². The lowest BCUT2D eigenvalue weighted by molar-refractivity contribution is -0.113. The van der Waals surface area contributed by atoms with E-state index in [0.717, 1.165) is 28.3 Å². The fourth-order valence-corrected chi connectivity index (χ4v) is 5.06. The molecule has 1 aliphatic rings. The molecule has 0 saturated heterocycles. The van der Waals surface area contributed by atoms with E-state index in [-0.39, 0.29) is 23.0 Å². The maximum Gasteiger partial charge on any atom is 0.268 e. The van der Waals surface area contributed by atoms with Crippen LogP contribution in [0.25, 0.3) is 0 Å². The number of carbonyl (C=O) groups is 1. The van der Waals surface area contributed by atoms with Crippen LogP contribution < -0.4 is 10.9 Å². The molecule has 0 radical (unpaired) electrons.